The maximum absolute atomic E-state index is 12.6. The van der Waals surface area contributed by atoms with Crippen molar-refractivity contribution in [2.75, 3.05) is 13.2 Å². The second-order valence-corrected chi connectivity index (χ2v) is 8.72. The van der Waals surface area contributed by atoms with E-state index in [2.05, 4.69) is 5.32 Å². The van der Waals surface area contributed by atoms with Gasteiger partial charge in [0.1, 0.15) is 13.2 Å². The van der Waals surface area contributed by atoms with Crippen LogP contribution in [0, 0.1) is 17.8 Å². The Labute approximate surface area is 149 Å². The predicted octanol–water partition coefficient (Wildman–Crippen LogP) is 3.48. The fourth-order valence-electron chi connectivity index (χ4n) is 6.12. The molecule has 1 aliphatic heterocycles. The Kier molecular flexibility index (Phi) is 3.68. The van der Waals surface area contributed by atoms with Crippen molar-refractivity contribution in [2.24, 2.45) is 17.8 Å². The van der Waals surface area contributed by atoms with Crippen molar-refractivity contribution in [3.8, 4) is 11.5 Å². The molecule has 0 atom stereocenters. The van der Waals surface area contributed by atoms with Gasteiger partial charge in [-0.2, -0.15) is 0 Å². The van der Waals surface area contributed by atoms with Crippen LogP contribution in [-0.2, 0) is 11.2 Å². The van der Waals surface area contributed by atoms with E-state index in [4.69, 9.17) is 9.47 Å². The van der Waals surface area contributed by atoms with E-state index in [1.165, 1.54) is 38.5 Å². The third kappa shape index (κ3) is 3.00. The average Bonchev–Trinajstić information content (AvgIpc) is 2.58. The Morgan fingerprint density at radius 2 is 1.64 bits per heavy atom. The molecule has 4 saturated carbocycles. The maximum Gasteiger partial charge on any atom is 0.220 e. The van der Waals surface area contributed by atoms with Crippen molar-refractivity contribution in [3.05, 3.63) is 23.8 Å². The summed E-state index contributed by atoms with van der Waals surface area (Å²) in [6.45, 7) is 1.21. The lowest BCUT2D eigenvalue weighted by atomic mass is 9.53. The van der Waals surface area contributed by atoms with Crippen molar-refractivity contribution in [3.63, 3.8) is 0 Å². The van der Waals surface area contributed by atoms with E-state index in [0.29, 0.717) is 19.6 Å². The summed E-state index contributed by atoms with van der Waals surface area (Å²) in [5, 5.41) is 3.46. The minimum Gasteiger partial charge on any atom is -0.486 e. The summed E-state index contributed by atoms with van der Waals surface area (Å²) >= 11 is 0. The number of amides is 1. The summed E-state index contributed by atoms with van der Waals surface area (Å²) in [6, 6.07) is 6.03. The minimum absolute atomic E-state index is 0.124. The van der Waals surface area contributed by atoms with Crippen LogP contribution in [-0.4, -0.2) is 24.7 Å². The SMILES string of the molecule is O=C(CCc1ccc2c(c1)OCCO2)NC12CC3CC(CC(C3)C1)C2. The molecule has 6 rings (SSSR count). The molecule has 1 aromatic carbocycles. The Morgan fingerprint density at radius 3 is 2.32 bits per heavy atom. The number of hydrogen-bond acceptors (Lipinski definition) is 3. The lowest BCUT2D eigenvalue weighted by molar-refractivity contribution is -0.126. The third-order valence-electron chi connectivity index (χ3n) is 6.69. The van der Waals surface area contributed by atoms with Crippen molar-refractivity contribution in [1.82, 2.24) is 5.32 Å². The Hall–Kier alpha value is -1.71. The minimum atomic E-state index is 0.124. The van der Waals surface area contributed by atoms with Gasteiger partial charge < -0.3 is 14.8 Å². The first-order valence-electron chi connectivity index (χ1n) is 9.87. The monoisotopic (exact) mass is 341 g/mol. The fraction of sp³-hybridized carbons (Fsp3) is 0.667. The number of rotatable bonds is 4. The molecule has 4 heteroatoms. The van der Waals surface area contributed by atoms with Crippen LogP contribution >= 0.6 is 0 Å². The predicted molar refractivity (Wildman–Crippen MR) is 94.8 cm³/mol. The highest BCUT2D eigenvalue weighted by molar-refractivity contribution is 5.77. The first-order chi connectivity index (χ1) is 12.2. The summed E-state index contributed by atoms with van der Waals surface area (Å²) in [5.41, 5.74) is 1.27. The van der Waals surface area contributed by atoms with E-state index in [-0.39, 0.29) is 11.4 Å². The molecular weight excluding hydrogens is 314 g/mol. The van der Waals surface area contributed by atoms with E-state index >= 15 is 0 Å². The number of carbonyl (C=O) groups excluding carboxylic acids is 1. The Morgan fingerprint density at radius 1 is 1.00 bits per heavy atom. The van der Waals surface area contributed by atoms with Crippen LogP contribution in [0.3, 0.4) is 0 Å². The van der Waals surface area contributed by atoms with E-state index in [1.54, 1.807) is 0 Å². The maximum atomic E-state index is 12.6. The summed E-state index contributed by atoms with van der Waals surface area (Å²) < 4.78 is 11.2. The molecule has 4 nitrogen and oxygen atoms in total. The van der Waals surface area contributed by atoms with E-state index in [1.807, 2.05) is 18.2 Å². The van der Waals surface area contributed by atoms with Crippen LogP contribution in [0.5, 0.6) is 11.5 Å². The number of hydrogen-bond donors (Lipinski definition) is 1. The number of aryl methyl sites for hydroxylation is 1. The molecule has 0 unspecified atom stereocenters. The van der Waals surface area contributed by atoms with Crippen LogP contribution < -0.4 is 14.8 Å². The van der Waals surface area contributed by atoms with Crippen molar-refractivity contribution < 1.29 is 14.3 Å². The first kappa shape index (κ1) is 15.5. The van der Waals surface area contributed by atoms with Gasteiger partial charge in [0.05, 0.1) is 0 Å². The van der Waals surface area contributed by atoms with Crippen LogP contribution in [0.15, 0.2) is 18.2 Å². The van der Waals surface area contributed by atoms with Gasteiger partial charge in [-0.1, -0.05) is 6.07 Å². The van der Waals surface area contributed by atoms with Crippen LogP contribution in [0.25, 0.3) is 0 Å². The van der Waals surface area contributed by atoms with Gasteiger partial charge >= 0.3 is 0 Å². The second-order valence-electron chi connectivity index (χ2n) is 8.72. The molecule has 5 aliphatic rings. The number of carbonyl (C=O) groups is 1. The van der Waals surface area contributed by atoms with Crippen LogP contribution in [0.4, 0.5) is 0 Å². The highest BCUT2D eigenvalue weighted by atomic mass is 16.6. The molecule has 1 aromatic rings. The third-order valence-corrected chi connectivity index (χ3v) is 6.69. The molecule has 0 saturated heterocycles. The molecule has 1 amide bonds. The lowest BCUT2D eigenvalue weighted by Crippen LogP contribution is -2.59. The molecule has 4 aliphatic carbocycles. The molecule has 134 valence electrons. The smallest absolute Gasteiger partial charge is 0.220 e. The Balaban J connectivity index is 1.20. The average molecular weight is 341 g/mol. The van der Waals surface area contributed by atoms with Gasteiger partial charge in [0.15, 0.2) is 11.5 Å². The molecule has 0 radical (unpaired) electrons. The van der Waals surface area contributed by atoms with E-state index in [9.17, 15) is 4.79 Å². The van der Waals surface area contributed by atoms with Gasteiger partial charge in [0, 0.05) is 12.0 Å². The van der Waals surface area contributed by atoms with Crippen molar-refractivity contribution in [1.29, 1.82) is 0 Å². The highest BCUT2D eigenvalue weighted by Crippen LogP contribution is 2.55. The highest BCUT2D eigenvalue weighted by Gasteiger charge is 2.51. The summed E-state index contributed by atoms with van der Waals surface area (Å²) in [6.07, 6.45) is 9.19. The molecule has 4 bridgehead atoms. The zero-order valence-electron chi connectivity index (χ0n) is 14.8. The topological polar surface area (TPSA) is 47.6 Å². The van der Waals surface area contributed by atoms with E-state index in [0.717, 1.165) is 41.2 Å². The van der Waals surface area contributed by atoms with Crippen LogP contribution in [0.2, 0.25) is 0 Å². The fourth-order valence-corrected chi connectivity index (χ4v) is 6.12. The molecule has 4 fully saturated rings. The van der Waals surface area contributed by atoms with Crippen molar-refractivity contribution in [2.45, 2.75) is 56.9 Å². The first-order valence-corrected chi connectivity index (χ1v) is 9.87. The summed E-state index contributed by atoms with van der Waals surface area (Å²) in [7, 11) is 0. The Bertz CT molecular complexity index is 648. The lowest BCUT2D eigenvalue weighted by Gasteiger charge is -2.56. The molecule has 0 spiro atoms. The molecular formula is C21H27NO3. The van der Waals surface area contributed by atoms with Crippen LogP contribution in [0.1, 0.15) is 50.5 Å². The normalized spacial score (nSPS) is 34.8. The van der Waals surface area contributed by atoms with Gasteiger partial charge in [-0.05, 0) is 80.4 Å². The quantitative estimate of drug-likeness (QED) is 0.912. The summed E-state index contributed by atoms with van der Waals surface area (Å²) in [5.74, 6) is 4.44. The van der Waals surface area contributed by atoms with E-state index < -0.39 is 0 Å². The number of nitrogens with one attached hydrogen (secondary N) is 1. The zero-order valence-corrected chi connectivity index (χ0v) is 14.8. The second kappa shape index (κ2) is 5.93. The summed E-state index contributed by atoms with van der Waals surface area (Å²) in [4.78, 5) is 12.6. The number of ether oxygens (including phenoxy) is 2. The molecule has 1 heterocycles. The van der Waals surface area contributed by atoms with Crippen molar-refractivity contribution >= 4 is 5.91 Å². The number of fused-ring (bicyclic) bond motifs is 1. The molecule has 0 aromatic heterocycles. The van der Waals surface area contributed by atoms with Gasteiger partial charge in [0.25, 0.3) is 0 Å². The molecule has 1 N–H and O–H groups in total. The zero-order chi connectivity index (χ0) is 16.9. The van der Waals surface area contributed by atoms with Gasteiger partial charge in [-0.25, -0.2) is 0 Å². The van der Waals surface area contributed by atoms with Gasteiger partial charge in [0.2, 0.25) is 5.91 Å². The number of benzene rings is 1. The van der Waals surface area contributed by atoms with Gasteiger partial charge in [-0.3, -0.25) is 4.79 Å². The standard InChI is InChI=1S/C21H27NO3/c23-20(4-2-14-1-3-18-19(10-14)25-6-5-24-18)22-21-11-15-7-16(12-21)9-17(8-15)13-21/h1,3,10,15-17H,2,4-9,11-13H2,(H,22,23). The molecule has 25 heavy (non-hydrogen) atoms. The largest absolute Gasteiger partial charge is 0.486 e. The van der Waals surface area contributed by atoms with Gasteiger partial charge in [-0.15, -0.1) is 0 Å².